The molecule has 1 aliphatic carbocycles. The lowest BCUT2D eigenvalue weighted by atomic mass is 9.93. The zero-order chi connectivity index (χ0) is 27.1. The Hall–Kier alpha value is -3.36. The Morgan fingerprint density at radius 2 is 1.68 bits per heavy atom. The first-order valence-electron chi connectivity index (χ1n) is 12.9. The van der Waals surface area contributed by atoms with Crippen molar-refractivity contribution < 1.29 is 25.5 Å². The summed E-state index contributed by atoms with van der Waals surface area (Å²) in [4.78, 5) is 13.6. The molecule has 8 heteroatoms. The van der Waals surface area contributed by atoms with E-state index in [2.05, 4.69) is 30.8 Å². The van der Waals surface area contributed by atoms with Gasteiger partial charge in [-0.15, -0.1) is 0 Å². The highest BCUT2D eigenvalue weighted by atomic mass is 32.2. The van der Waals surface area contributed by atoms with Crippen molar-refractivity contribution in [2.75, 3.05) is 18.7 Å². The van der Waals surface area contributed by atoms with Crippen LogP contribution in [0.4, 0.5) is 5.69 Å². The minimum absolute atomic E-state index is 0. The van der Waals surface area contributed by atoms with E-state index in [9.17, 15) is 13.2 Å². The van der Waals surface area contributed by atoms with E-state index in [1.165, 1.54) is 0 Å². The Morgan fingerprint density at radius 3 is 2.37 bits per heavy atom. The molecule has 5 rings (SSSR count). The first kappa shape index (κ1) is 26.3. The molecule has 3 aromatic carbocycles. The van der Waals surface area contributed by atoms with Crippen LogP contribution in [0.3, 0.4) is 0 Å². The van der Waals surface area contributed by atoms with Crippen LogP contribution in [-0.2, 0) is 20.2 Å². The molecule has 2 N–H and O–H groups in total. The van der Waals surface area contributed by atoms with E-state index >= 15 is 0 Å². The third-order valence-electron chi connectivity index (χ3n) is 7.25. The van der Waals surface area contributed by atoms with Gasteiger partial charge in [-0.25, -0.2) is 13.1 Å². The van der Waals surface area contributed by atoms with Gasteiger partial charge in [0, 0.05) is 15.1 Å². The Labute approximate surface area is 227 Å². The maximum Gasteiger partial charge on any atom is 0.240 e. The molecule has 38 heavy (non-hydrogen) atoms. The number of benzene rings is 3. The maximum atomic E-state index is 13.4. The van der Waals surface area contributed by atoms with Crippen molar-refractivity contribution in [3.05, 3.63) is 71.8 Å². The number of ether oxygens (including phenoxy) is 2. The van der Waals surface area contributed by atoms with Crippen molar-refractivity contribution in [2.45, 2.75) is 57.3 Å². The Kier molecular flexibility index (Phi) is 6.73. The van der Waals surface area contributed by atoms with Gasteiger partial charge in [-0.05, 0) is 90.3 Å². The van der Waals surface area contributed by atoms with Gasteiger partial charge < -0.3 is 14.8 Å². The monoisotopic (exact) mass is 538 g/mol. The molecule has 1 amide bonds. The van der Waals surface area contributed by atoms with Crippen LogP contribution in [0.2, 0.25) is 0 Å². The number of sulfonamides is 1. The average Bonchev–Trinajstić information content (AvgIpc) is 3.55. The highest BCUT2D eigenvalue weighted by Gasteiger charge is 2.51. The van der Waals surface area contributed by atoms with E-state index in [-0.39, 0.29) is 25.9 Å². The molecule has 0 aromatic heterocycles. The molecule has 1 fully saturated rings. The minimum Gasteiger partial charge on any atom is -0.454 e. The molecule has 0 unspecified atom stereocenters. The van der Waals surface area contributed by atoms with Gasteiger partial charge in [0.15, 0.2) is 11.5 Å². The van der Waals surface area contributed by atoms with Crippen LogP contribution in [0.15, 0.2) is 65.6 Å². The third kappa shape index (κ3) is 5.42. The Balaban J connectivity index is 0.00000220. The van der Waals surface area contributed by atoms with E-state index < -0.39 is 15.4 Å². The summed E-state index contributed by atoms with van der Waals surface area (Å²) in [6.07, 6.45) is 2.30. The van der Waals surface area contributed by atoms with Gasteiger partial charge in [-0.2, -0.15) is 0 Å². The fraction of sp³-hybridized carbons (Fsp3) is 0.367. The number of hydrogen-bond donors (Lipinski definition) is 2. The number of anilines is 1. The van der Waals surface area contributed by atoms with Crippen LogP contribution in [0.1, 0.15) is 54.0 Å². The smallest absolute Gasteiger partial charge is 0.240 e. The van der Waals surface area contributed by atoms with Crippen molar-refractivity contribution in [2.24, 2.45) is 5.41 Å². The second kappa shape index (κ2) is 9.75. The van der Waals surface area contributed by atoms with E-state index in [1.807, 2.05) is 43.3 Å². The van der Waals surface area contributed by atoms with Crippen LogP contribution in [0.25, 0.3) is 11.1 Å². The number of amides is 1. The molecule has 0 radical (unpaired) electrons. The SMILES string of the molecule is Cc1ccc(NC(=O)C2(c3ccc4c(c3)OCO4)CC2)cc1-c1ccc(S(=O)(=O)NCCC(C)(C)C)cc1.[HH].[HH]. The van der Waals surface area contributed by atoms with E-state index in [1.54, 1.807) is 24.3 Å². The molecule has 204 valence electrons. The Bertz CT molecular complexity index is 1480. The van der Waals surface area contributed by atoms with Crippen LogP contribution >= 0.6 is 0 Å². The van der Waals surface area contributed by atoms with Gasteiger partial charge >= 0.3 is 0 Å². The van der Waals surface area contributed by atoms with Crippen LogP contribution < -0.4 is 19.5 Å². The highest BCUT2D eigenvalue weighted by Crippen LogP contribution is 2.51. The number of fused-ring (bicyclic) bond motifs is 1. The van der Waals surface area contributed by atoms with E-state index in [0.29, 0.717) is 23.7 Å². The van der Waals surface area contributed by atoms with Crippen LogP contribution in [0, 0.1) is 12.3 Å². The summed E-state index contributed by atoms with van der Waals surface area (Å²) < 4.78 is 39.0. The molecule has 0 spiro atoms. The summed E-state index contributed by atoms with van der Waals surface area (Å²) in [5, 5.41) is 3.10. The fourth-order valence-electron chi connectivity index (χ4n) is 4.68. The van der Waals surface area contributed by atoms with Gasteiger partial charge in [0.1, 0.15) is 0 Å². The summed E-state index contributed by atoms with van der Waals surface area (Å²) in [7, 11) is -3.58. The van der Waals surface area contributed by atoms with Crippen molar-refractivity contribution in [1.82, 2.24) is 4.72 Å². The first-order chi connectivity index (χ1) is 18.0. The fourth-order valence-corrected chi connectivity index (χ4v) is 5.72. The molecule has 1 aliphatic heterocycles. The lowest BCUT2D eigenvalue weighted by molar-refractivity contribution is -0.118. The lowest BCUT2D eigenvalue weighted by Gasteiger charge is -2.18. The summed E-state index contributed by atoms with van der Waals surface area (Å²) in [6.45, 7) is 8.83. The quantitative estimate of drug-likeness (QED) is 0.353. The summed E-state index contributed by atoms with van der Waals surface area (Å²) in [5.74, 6) is 1.33. The molecule has 0 saturated heterocycles. The molecule has 0 bridgehead atoms. The van der Waals surface area contributed by atoms with Crippen LogP contribution in [0.5, 0.6) is 11.5 Å². The van der Waals surface area contributed by atoms with Crippen molar-refractivity contribution in [3.63, 3.8) is 0 Å². The largest absolute Gasteiger partial charge is 0.454 e. The van der Waals surface area contributed by atoms with Gasteiger partial charge in [0.25, 0.3) is 0 Å². The van der Waals surface area contributed by atoms with E-state index in [0.717, 1.165) is 41.5 Å². The van der Waals surface area contributed by atoms with Crippen molar-refractivity contribution in [3.8, 4) is 22.6 Å². The number of carbonyl (C=O) groups is 1. The first-order valence-corrected chi connectivity index (χ1v) is 14.4. The van der Waals surface area contributed by atoms with Crippen LogP contribution in [-0.4, -0.2) is 27.7 Å². The van der Waals surface area contributed by atoms with Crippen molar-refractivity contribution in [1.29, 1.82) is 0 Å². The van der Waals surface area contributed by atoms with Gasteiger partial charge in [-0.3, -0.25) is 4.79 Å². The summed E-state index contributed by atoms with van der Waals surface area (Å²) in [6, 6.07) is 18.4. The minimum atomic E-state index is -3.58. The predicted octanol–water partition coefficient (Wildman–Crippen LogP) is 6.27. The molecule has 7 nitrogen and oxygen atoms in total. The molecule has 1 heterocycles. The molecule has 3 aromatic rings. The van der Waals surface area contributed by atoms with Crippen molar-refractivity contribution >= 4 is 21.6 Å². The van der Waals surface area contributed by atoms with Gasteiger partial charge in [0.2, 0.25) is 22.7 Å². The topological polar surface area (TPSA) is 93.7 Å². The number of carbonyl (C=O) groups excluding carboxylic acids is 1. The predicted molar refractivity (Wildman–Crippen MR) is 152 cm³/mol. The van der Waals surface area contributed by atoms with Gasteiger partial charge in [-0.1, -0.05) is 45.0 Å². The number of rotatable bonds is 8. The third-order valence-corrected chi connectivity index (χ3v) is 8.72. The zero-order valence-electron chi connectivity index (χ0n) is 22.3. The van der Waals surface area contributed by atoms with Gasteiger partial charge in [0.05, 0.1) is 10.3 Å². The number of hydrogen-bond acceptors (Lipinski definition) is 5. The summed E-state index contributed by atoms with van der Waals surface area (Å²) >= 11 is 0. The standard InChI is InChI=1S/C30H34N2O5S.2H2/c1-20-5-9-23(32-28(33)30(13-14-30)22-8-12-26-27(17-22)37-19-36-26)18-25(20)21-6-10-24(11-7-21)38(34,35)31-16-15-29(2,3)4;;/h5-12,17-18,31H,13-16,19H2,1-4H3,(H,32,33);2*1H. The normalized spacial score (nSPS) is 15.8. The highest BCUT2D eigenvalue weighted by molar-refractivity contribution is 7.89. The molecular formula is C30H38N2O5S. The second-order valence-electron chi connectivity index (χ2n) is 11.4. The zero-order valence-corrected chi connectivity index (χ0v) is 23.1. The number of aryl methyl sites for hydroxylation is 1. The summed E-state index contributed by atoms with van der Waals surface area (Å²) in [5.41, 5.74) is 3.95. The molecule has 2 aliphatic rings. The second-order valence-corrected chi connectivity index (χ2v) is 13.1. The van der Waals surface area contributed by atoms with E-state index in [4.69, 9.17) is 9.47 Å². The maximum absolute atomic E-state index is 13.4. The molecular weight excluding hydrogens is 500 g/mol. The lowest BCUT2D eigenvalue weighted by Crippen LogP contribution is -2.27. The Morgan fingerprint density at radius 1 is 0.974 bits per heavy atom. The average molecular weight is 539 g/mol. The number of nitrogens with one attached hydrogen (secondary N) is 2. The molecule has 1 saturated carbocycles. The molecule has 0 atom stereocenters.